The first kappa shape index (κ1) is 13.5. The summed E-state index contributed by atoms with van der Waals surface area (Å²) in [5.41, 5.74) is 1.55. The number of nitrogens with zero attached hydrogens (tertiary/aromatic N) is 2. The average molecular weight is 343 g/mol. The maximum absolute atomic E-state index is 13.3. The van der Waals surface area contributed by atoms with Gasteiger partial charge in [-0.2, -0.15) is 5.26 Å². The second kappa shape index (κ2) is 5.15. The highest BCUT2D eigenvalue weighted by molar-refractivity contribution is 9.10. The highest BCUT2D eigenvalue weighted by atomic mass is 79.9. The van der Waals surface area contributed by atoms with Gasteiger partial charge in [-0.1, -0.05) is 28.1 Å². The third-order valence-corrected chi connectivity index (χ3v) is 3.68. The molecule has 0 unspecified atom stereocenters. The minimum Gasteiger partial charge on any atom is -0.506 e. The topological polar surface area (TPSA) is 56.9 Å². The molecule has 0 bridgehead atoms. The molecule has 1 heterocycles. The Kier molecular flexibility index (Phi) is 3.32. The van der Waals surface area contributed by atoms with E-state index in [4.69, 9.17) is 0 Å². The quantitative estimate of drug-likeness (QED) is 0.713. The average Bonchev–Trinajstić information content (AvgIpc) is 2.48. The van der Waals surface area contributed by atoms with Crippen LogP contribution in [0.15, 0.2) is 46.9 Å². The number of rotatable bonds is 1. The van der Waals surface area contributed by atoms with Gasteiger partial charge >= 0.3 is 0 Å². The van der Waals surface area contributed by atoms with Crippen LogP contribution < -0.4 is 0 Å². The maximum atomic E-state index is 13.3. The van der Waals surface area contributed by atoms with E-state index in [1.165, 1.54) is 18.2 Å². The fourth-order valence-corrected chi connectivity index (χ4v) is 2.41. The maximum Gasteiger partial charge on any atom is 0.145 e. The van der Waals surface area contributed by atoms with E-state index in [0.29, 0.717) is 16.8 Å². The zero-order chi connectivity index (χ0) is 15.0. The highest BCUT2D eigenvalue weighted by Crippen LogP contribution is 2.34. The lowest BCUT2D eigenvalue weighted by Crippen LogP contribution is -1.93. The molecule has 0 atom stereocenters. The van der Waals surface area contributed by atoms with Crippen molar-refractivity contribution in [2.75, 3.05) is 0 Å². The molecular formula is C16H8BrFN2O. The number of hydrogen-bond acceptors (Lipinski definition) is 3. The van der Waals surface area contributed by atoms with Crippen molar-refractivity contribution in [1.82, 2.24) is 4.98 Å². The van der Waals surface area contributed by atoms with E-state index in [-0.39, 0.29) is 16.7 Å². The van der Waals surface area contributed by atoms with E-state index in [2.05, 4.69) is 20.9 Å². The molecule has 1 N–H and O–H groups in total. The fraction of sp³-hybridized carbons (Fsp3) is 0. The number of aromatic hydroxyl groups is 1. The van der Waals surface area contributed by atoms with Gasteiger partial charge in [-0.05, 0) is 30.3 Å². The van der Waals surface area contributed by atoms with Gasteiger partial charge in [0, 0.05) is 15.4 Å². The van der Waals surface area contributed by atoms with Crippen molar-refractivity contribution >= 4 is 26.8 Å². The molecular weight excluding hydrogens is 335 g/mol. The molecule has 0 aliphatic rings. The first-order chi connectivity index (χ1) is 10.1. The van der Waals surface area contributed by atoms with Crippen LogP contribution in [0.4, 0.5) is 4.39 Å². The zero-order valence-corrected chi connectivity index (χ0v) is 12.2. The van der Waals surface area contributed by atoms with Crippen molar-refractivity contribution in [3.05, 3.63) is 58.3 Å². The molecule has 2 aromatic carbocycles. The second-order valence-corrected chi connectivity index (χ2v) is 5.38. The zero-order valence-electron chi connectivity index (χ0n) is 10.6. The molecule has 0 fully saturated rings. The van der Waals surface area contributed by atoms with Crippen LogP contribution in [0.1, 0.15) is 5.56 Å². The van der Waals surface area contributed by atoms with Crippen molar-refractivity contribution in [1.29, 1.82) is 5.26 Å². The Hall–Kier alpha value is -2.45. The van der Waals surface area contributed by atoms with Gasteiger partial charge in [0.1, 0.15) is 23.2 Å². The van der Waals surface area contributed by atoms with Crippen LogP contribution in [0.5, 0.6) is 5.75 Å². The Labute approximate surface area is 128 Å². The third kappa shape index (κ3) is 2.34. The van der Waals surface area contributed by atoms with E-state index in [0.717, 1.165) is 4.47 Å². The van der Waals surface area contributed by atoms with Crippen molar-refractivity contribution in [2.45, 2.75) is 0 Å². The van der Waals surface area contributed by atoms with E-state index in [1.54, 1.807) is 12.1 Å². The first-order valence-electron chi connectivity index (χ1n) is 6.08. The van der Waals surface area contributed by atoms with Crippen molar-refractivity contribution in [3.8, 4) is 23.1 Å². The lowest BCUT2D eigenvalue weighted by molar-refractivity contribution is 0.479. The molecule has 0 saturated carbocycles. The second-order valence-electron chi connectivity index (χ2n) is 4.46. The normalized spacial score (nSPS) is 10.5. The molecule has 0 aliphatic heterocycles. The molecule has 0 saturated heterocycles. The molecule has 0 aliphatic carbocycles. The summed E-state index contributed by atoms with van der Waals surface area (Å²) in [6.07, 6.45) is 0. The highest BCUT2D eigenvalue weighted by Gasteiger charge is 2.16. The standard InChI is InChI=1S/C16H8BrFN2O/c17-10-3-1-9(2-4-10)15-13(8-19)16(21)12-7-11(18)5-6-14(12)20-15/h1-7H,(H,20,21). The Balaban J connectivity index is 2.35. The molecule has 21 heavy (non-hydrogen) atoms. The largest absolute Gasteiger partial charge is 0.506 e. The van der Waals surface area contributed by atoms with Gasteiger partial charge < -0.3 is 5.11 Å². The Morgan fingerprint density at radius 2 is 1.86 bits per heavy atom. The van der Waals surface area contributed by atoms with Crippen LogP contribution >= 0.6 is 15.9 Å². The molecule has 0 amide bonds. The van der Waals surface area contributed by atoms with Crippen LogP contribution in [0.25, 0.3) is 22.2 Å². The van der Waals surface area contributed by atoms with E-state index in [9.17, 15) is 14.8 Å². The van der Waals surface area contributed by atoms with Crippen molar-refractivity contribution < 1.29 is 9.50 Å². The Morgan fingerprint density at radius 1 is 1.14 bits per heavy atom. The number of aromatic nitrogens is 1. The predicted octanol–water partition coefficient (Wildman–Crippen LogP) is 4.38. The molecule has 3 aromatic rings. The number of benzene rings is 2. The molecule has 0 spiro atoms. The minimum absolute atomic E-state index is 0.0374. The summed E-state index contributed by atoms with van der Waals surface area (Å²) in [7, 11) is 0. The van der Waals surface area contributed by atoms with Crippen LogP contribution in [-0.2, 0) is 0 Å². The summed E-state index contributed by atoms with van der Waals surface area (Å²) < 4.78 is 14.2. The number of nitriles is 1. The molecule has 3 rings (SSSR count). The van der Waals surface area contributed by atoms with Gasteiger partial charge in [0.2, 0.25) is 0 Å². The van der Waals surface area contributed by atoms with Crippen LogP contribution in [0.3, 0.4) is 0 Å². The summed E-state index contributed by atoms with van der Waals surface area (Å²) in [4.78, 5) is 4.38. The Bertz CT molecular complexity index is 885. The summed E-state index contributed by atoms with van der Waals surface area (Å²) in [5.74, 6) is -0.736. The summed E-state index contributed by atoms with van der Waals surface area (Å²) in [6.45, 7) is 0. The number of halogens is 2. The van der Waals surface area contributed by atoms with E-state index >= 15 is 0 Å². The lowest BCUT2D eigenvalue weighted by Gasteiger charge is -2.09. The smallest absolute Gasteiger partial charge is 0.145 e. The molecule has 1 aromatic heterocycles. The van der Waals surface area contributed by atoms with E-state index < -0.39 is 5.82 Å². The van der Waals surface area contributed by atoms with Crippen molar-refractivity contribution in [3.63, 3.8) is 0 Å². The lowest BCUT2D eigenvalue weighted by atomic mass is 10.0. The predicted molar refractivity (Wildman–Crippen MR) is 81.2 cm³/mol. The third-order valence-electron chi connectivity index (χ3n) is 3.15. The molecule has 102 valence electrons. The van der Waals surface area contributed by atoms with Crippen molar-refractivity contribution in [2.24, 2.45) is 0 Å². The fourth-order valence-electron chi connectivity index (χ4n) is 2.14. The monoisotopic (exact) mass is 342 g/mol. The number of fused-ring (bicyclic) bond motifs is 1. The number of pyridine rings is 1. The number of hydrogen-bond donors (Lipinski definition) is 1. The van der Waals surface area contributed by atoms with Crippen LogP contribution in [0, 0.1) is 17.1 Å². The van der Waals surface area contributed by atoms with Gasteiger partial charge in [0.05, 0.1) is 11.2 Å². The summed E-state index contributed by atoms with van der Waals surface area (Å²) in [5, 5.41) is 19.8. The molecule has 3 nitrogen and oxygen atoms in total. The van der Waals surface area contributed by atoms with Gasteiger partial charge in [0.25, 0.3) is 0 Å². The molecule has 5 heteroatoms. The summed E-state index contributed by atoms with van der Waals surface area (Å²) >= 11 is 3.34. The minimum atomic E-state index is -0.486. The van der Waals surface area contributed by atoms with Gasteiger partial charge in [-0.25, -0.2) is 9.37 Å². The van der Waals surface area contributed by atoms with Gasteiger partial charge in [0.15, 0.2) is 0 Å². The van der Waals surface area contributed by atoms with E-state index in [1.807, 2.05) is 18.2 Å². The molecule has 0 radical (unpaired) electrons. The summed E-state index contributed by atoms with van der Waals surface area (Å²) in [6, 6.07) is 13.1. The SMILES string of the molecule is N#Cc1c(-c2ccc(Br)cc2)nc2ccc(F)cc2c1O. The van der Waals surface area contributed by atoms with Crippen LogP contribution in [0.2, 0.25) is 0 Å². The first-order valence-corrected chi connectivity index (χ1v) is 6.87. The van der Waals surface area contributed by atoms with Crippen LogP contribution in [-0.4, -0.2) is 10.1 Å². The van der Waals surface area contributed by atoms with Gasteiger partial charge in [-0.15, -0.1) is 0 Å². The van der Waals surface area contributed by atoms with Gasteiger partial charge in [-0.3, -0.25) is 0 Å². The Morgan fingerprint density at radius 3 is 2.52 bits per heavy atom.